The fraction of sp³-hybridized carbons (Fsp3) is 0.385. The topological polar surface area (TPSA) is 124 Å². The molecule has 0 spiro atoms. The number of halogens is 1. The second-order valence-electron chi connectivity index (χ2n) is 9.17. The van der Waals surface area contributed by atoms with E-state index in [4.69, 9.17) is 32.9 Å². The summed E-state index contributed by atoms with van der Waals surface area (Å²) in [6.45, 7) is 4.96. The van der Waals surface area contributed by atoms with Crippen molar-refractivity contribution in [2.24, 2.45) is 5.73 Å². The van der Waals surface area contributed by atoms with Crippen LogP contribution in [0.4, 0.5) is 5.69 Å². The van der Waals surface area contributed by atoms with Gasteiger partial charge in [0, 0.05) is 31.5 Å². The summed E-state index contributed by atoms with van der Waals surface area (Å²) in [5, 5.41) is 15.8. The van der Waals surface area contributed by atoms with Gasteiger partial charge in [-0.05, 0) is 49.6 Å². The van der Waals surface area contributed by atoms with Gasteiger partial charge in [0.25, 0.3) is 0 Å². The second-order valence-corrected chi connectivity index (χ2v) is 11.7. The van der Waals surface area contributed by atoms with E-state index in [2.05, 4.69) is 0 Å². The third-order valence-corrected chi connectivity index (χ3v) is 8.78. The van der Waals surface area contributed by atoms with Crippen LogP contribution in [0.5, 0.6) is 5.75 Å². The molecule has 1 saturated heterocycles. The van der Waals surface area contributed by atoms with Crippen molar-refractivity contribution in [3.8, 4) is 5.75 Å². The van der Waals surface area contributed by atoms with Gasteiger partial charge < -0.3 is 15.4 Å². The van der Waals surface area contributed by atoms with Gasteiger partial charge in [-0.3, -0.25) is 15.1 Å². The Morgan fingerprint density at radius 1 is 1.22 bits per heavy atom. The largest absolute Gasteiger partial charge is 0.489 e. The number of sulfonamides is 1. The lowest BCUT2D eigenvalue weighted by atomic mass is 10.1. The molecule has 2 heterocycles. The van der Waals surface area contributed by atoms with Crippen molar-refractivity contribution in [3.63, 3.8) is 0 Å². The van der Waals surface area contributed by atoms with E-state index in [-0.39, 0.29) is 17.7 Å². The molecule has 0 bridgehead atoms. The molecular formula is C26H32ClN5O3S. The lowest BCUT2D eigenvalue weighted by Crippen LogP contribution is -2.40. The number of benzene rings is 2. The quantitative estimate of drug-likeness (QED) is 0.365. The summed E-state index contributed by atoms with van der Waals surface area (Å²) in [6.07, 6.45) is 5.82. The zero-order valence-electron chi connectivity index (χ0n) is 20.5. The average Bonchev–Trinajstić information content (AvgIpc) is 3.21. The monoisotopic (exact) mass is 529 g/mol. The van der Waals surface area contributed by atoms with E-state index in [1.165, 1.54) is 4.31 Å². The van der Waals surface area contributed by atoms with Gasteiger partial charge >= 0.3 is 0 Å². The molecule has 10 heteroatoms. The fourth-order valence-corrected chi connectivity index (χ4v) is 6.20. The van der Waals surface area contributed by atoms with Gasteiger partial charge in [-0.15, -0.1) is 0 Å². The van der Waals surface area contributed by atoms with Gasteiger partial charge in [0.2, 0.25) is 10.0 Å². The number of hydrogen-bond donors (Lipinski definition) is 3. The highest BCUT2D eigenvalue weighted by atomic mass is 35.5. The number of piperidine rings is 1. The Balaban J connectivity index is 1.59. The van der Waals surface area contributed by atoms with Crippen molar-refractivity contribution in [3.05, 3.63) is 64.2 Å². The number of ether oxygens (including phenoxy) is 1. The summed E-state index contributed by atoms with van der Waals surface area (Å²) < 4.78 is 33.9. The molecular weight excluding hydrogens is 498 g/mol. The predicted molar refractivity (Wildman–Crippen MR) is 146 cm³/mol. The van der Waals surface area contributed by atoms with E-state index in [0.717, 1.165) is 37.1 Å². The van der Waals surface area contributed by atoms with E-state index in [0.29, 0.717) is 34.3 Å². The molecule has 2 aliphatic heterocycles. The summed E-state index contributed by atoms with van der Waals surface area (Å²) in [5.74, 6) is 1.08. The van der Waals surface area contributed by atoms with Gasteiger partial charge in [0.15, 0.2) is 0 Å². The minimum absolute atomic E-state index is 0.00252. The highest BCUT2D eigenvalue weighted by Crippen LogP contribution is 2.42. The van der Waals surface area contributed by atoms with E-state index in [1.54, 1.807) is 32.0 Å². The van der Waals surface area contributed by atoms with Gasteiger partial charge in [-0.1, -0.05) is 42.0 Å². The lowest BCUT2D eigenvalue weighted by molar-refractivity contribution is 0.130. The average molecular weight is 530 g/mol. The first kappa shape index (κ1) is 26.0. The van der Waals surface area contributed by atoms with Crippen molar-refractivity contribution in [1.82, 2.24) is 4.90 Å². The Hall–Kier alpha value is -3.04. The number of nitrogens with two attached hydrogens (primary N) is 1. The maximum absolute atomic E-state index is 13.1. The third kappa shape index (κ3) is 5.52. The van der Waals surface area contributed by atoms with Crippen LogP contribution in [0.15, 0.2) is 42.5 Å². The minimum atomic E-state index is -3.55. The molecule has 8 nitrogen and oxygen atoms in total. The third-order valence-electron chi connectivity index (χ3n) is 6.68. The minimum Gasteiger partial charge on any atom is -0.489 e. The summed E-state index contributed by atoms with van der Waals surface area (Å²) in [4.78, 5) is 2.03. The fourth-order valence-electron chi connectivity index (χ4n) is 4.69. The highest BCUT2D eigenvalue weighted by Gasteiger charge is 2.36. The van der Waals surface area contributed by atoms with Crippen LogP contribution in [0.3, 0.4) is 0 Å². The van der Waals surface area contributed by atoms with E-state index >= 15 is 0 Å². The second kappa shape index (κ2) is 10.5. The molecule has 2 aliphatic rings. The van der Waals surface area contributed by atoms with Crippen LogP contribution >= 0.6 is 11.6 Å². The zero-order chi connectivity index (χ0) is 26.0. The first-order valence-corrected chi connectivity index (χ1v) is 14.0. The van der Waals surface area contributed by atoms with Crippen LogP contribution in [0.1, 0.15) is 43.4 Å². The van der Waals surface area contributed by atoms with Crippen LogP contribution in [-0.4, -0.2) is 56.0 Å². The predicted octanol–water partition coefficient (Wildman–Crippen LogP) is 4.26. The van der Waals surface area contributed by atoms with E-state index in [1.807, 2.05) is 35.3 Å². The lowest BCUT2D eigenvalue weighted by Gasteiger charge is -2.33. The molecule has 0 amide bonds. The van der Waals surface area contributed by atoms with E-state index in [9.17, 15) is 8.42 Å². The van der Waals surface area contributed by atoms with Gasteiger partial charge in [-0.25, -0.2) is 8.42 Å². The first-order chi connectivity index (χ1) is 17.1. The van der Waals surface area contributed by atoms with Gasteiger partial charge in [-0.2, -0.15) is 0 Å². The van der Waals surface area contributed by atoms with Gasteiger partial charge in [0.1, 0.15) is 17.7 Å². The van der Waals surface area contributed by atoms with Crippen LogP contribution in [-0.2, 0) is 16.4 Å². The van der Waals surface area contributed by atoms with Crippen LogP contribution in [0.25, 0.3) is 6.08 Å². The molecule has 0 saturated carbocycles. The van der Waals surface area contributed by atoms with E-state index < -0.39 is 16.1 Å². The molecule has 1 fully saturated rings. The van der Waals surface area contributed by atoms with Gasteiger partial charge in [0.05, 0.1) is 28.3 Å². The number of amidine groups is 2. The molecule has 1 unspecified atom stereocenters. The standard InChI is InChI=1S/C26H32ClN5O3S/c1-3-36(33,34)32-21(8-7-18-5-4-6-19(13-18)26(29)30)14-20-15-25(23(27)16-24(20)32)35-22-9-11-31(12-10-22)17(2)28/h4-8,13,15-16,21-22,28H,3,9-12,14H2,1-2H3,(H3,29,30)/b8-7+,28-17?. The summed E-state index contributed by atoms with van der Waals surface area (Å²) in [5.41, 5.74) is 8.50. The van der Waals surface area contributed by atoms with Crippen LogP contribution in [0.2, 0.25) is 5.02 Å². The van der Waals surface area contributed by atoms with Crippen molar-refractivity contribution in [2.45, 2.75) is 45.3 Å². The molecule has 0 aromatic heterocycles. The molecule has 0 radical (unpaired) electrons. The number of rotatable bonds is 7. The Labute approximate surface area is 217 Å². The number of likely N-dealkylation sites (tertiary alicyclic amines) is 1. The van der Waals surface area contributed by atoms with Crippen molar-refractivity contribution in [2.75, 3.05) is 23.1 Å². The number of nitrogens with zero attached hydrogens (tertiary/aromatic N) is 2. The number of hydrogen-bond acceptors (Lipinski definition) is 5. The Kier molecular flexibility index (Phi) is 7.61. The smallest absolute Gasteiger partial charge is 0.235 e. The van der Waals surface area contributed by atoms with Crippen molar-refractivity contribution in [1.29, 1.82) is 10.8 Å². The van der Waals surface area contributed by atoms with Crippen molar-refractivity contribution >= 4 is 45.1 Å². The number of nitrogens with one attached hydrogen (secondary N) is 2. The SMILES string of the molecule is CCS(=O)(=O)N1c2cc(Cl)c(OC3CCN(C(C)=N)CC3)cc2CC1/C=C/c1cccc(C(=N)N)c1. The summed E-state index contributed by atoms with van der Waals surface area (Å²) in [6, 6.07) is 10.4. The maximum atomic E-state index is 13.1. The Morgan fingerprint density at radius 3 is 2.58 bits per heavy atom. The Morgan fingerprint density at radius 2 is 1.94 bits per heavy atom. The molecule has 2 aromatic carbocycles. The first-order valence-electron chi connectivity index (χ1n) is 12.0. The molecule has 36 heavy (non-hydrogen) atoms. The summed E-state index contributed by atoms with van der Waals surface area (Å²) >= 11 is 6.59. The number of anilines is 1. The molecule has 4 rings (SSSR count). The number of nitrogen functional groups attached to an aromatic ring is 1. The molecule has 0 aliphatic carbocycles. The number of fused-ring (bicyclic) bond motifs is 1. The van der Waals surface area contributed by atoms with Crippen LogP contribution in [0, 0.1) is 10.8 Å². The van der Waals surface area contributed by atoms with Crippen LogP contribution < -0.4 is 14.8 Å². The maximum Gasteiger partial charge on any atom is 0.235 e. The normalized spacial score (nSPS) is 18.5. The molecule has 1 atom stereocenters. The molecule has 192 valence electrons. The highest BCUT2D eigenvalue weighted by molar-refractivity contribution is 7.92. The molecule has 2 aromatic rings. The zero-order valence-corrected chi connectivity index (χ0v) is 22.1. The Bertz CT molecular complexity index is 1300. The summed E-state index contributed by atoms with van der Waals surface area (Å²) in [7, 11) is -3.55. The molecule has 4 N–H and O–H groups in total. The van der Waals surface area contributed by atoms with Crippen molar-refractivity contribution < 1.29 is 13.2 Å².